The molecule has 0 aliphatic heterocycles. The Kier molecular flexibility index (Phi) is 3.76. The quantitative estimate of drug-likeness (QED) is 0.825. The smallest absolute Gasteiger partial charge is 0.224 e. The highest BCUT2D eigenvalue weighted by Gasteiger charge is 2.25. The molecule has 1 fully saturated rings. The Hall–Kier alpha value is -1.39. The first kappa shape index (κ1) is 12.1. The van der Waals surface area contributed by atoms with Crippen LogP contribution in [0.25, 0.3) is 0 Å². The Labute approximate surface area is 101 Å². The molecule has 0 radical (unpaired) electrons. The fraction of sp³-hybridized carbons (Fsp3) is 0.667. The number of nitrogens with one attached hydrogen (secondary N) is 1. The average molecular weight is 238 g/mol. The number of anilines is 2. The first-order chi connectivity index (χ1) is 8.24. The summed E-state index contributed by atoms with van der Waals surface area (Å²) in [6.45, 7) is 6.40. The Morgan fingerprint density at radius 1 is 1.47 bits per heavy atom. The molecule has 4 nitrogen and oxygen atoms in total. The normalized spacial score (nSPS) is 14.8. The molecule has 2 rings (SSSR count). The molecule has 0 saturated heterocycles. The summed E-state index contributed by atoms with van der Waals surface area (Å²) in [6.07, 6.45) is 3.75. The maximum absolute atomic E-state index is 13.7. The van der Waals surface area contributed by atoms with Crippen LogP contribution in [0, 0.1) is 11.7 Å². The second-order valence-corrected chi connectivity index (χ2v) is 4.38. The van der Waals surface area contributed by atoms with Crippen molar-refractivity contribution < 1.29 is 4.39 Å². The van der Waals surface area contributed by atoms with E-state index in [1.165, 1.54) is 19.0 Å². The average Bonchev–Trinajstić information content (AvgIpc) is 3.13. The third-order valence-corrected chi connectivity index (χ3v) is 2.92. The van der Waals surface area contributed by atoms with Crippen LogP contribution in [0.4, 0.5) is 16.2 Å². The van der Waals surface area contributed by atoms with E-state index in [1.807, 2.05) is 18.7 Å². The number of nitrogens with zero attached hydrogens (tertiary/aromatic N) is 3. The van der Waals surface area contributed by atoms with Gasteiger partial charge in [0.1, 0.15) is 0 Å². The molecule has 1 aliphatic carbocycles. The van der Waals surface area contributed by atoms with E-state index in [2.05, 4.69) is 15.3 Å². The fourth-order valence-electron chi connectivity index (χ4n) is 1.80. The van der Waals surface area contributed by atoms with E-state index in [1.54, 1.807) is 0 Å². The highest BCUT2D eigenvalue weighted by molar-refractivity contribution is 5.44. The summed E-state index contributed by atoms with van der Waals surface area (Å²) < 4.78 is 13.7. The van der Waals surface area contributed by atoms with Gasteiger partial charge in [0.25, 0.3) is 0 Å². The summed E-state index contributed by atoms with van der Waals surface area (Å²) >= 11 is 0. The minimum atomic E-state index is -0.339. The molecule has 0 spiro atoms. The van der Waals surface area contributed by atoms with E-state index in [4.69, 9.17) is 0 Å². The minimum Gasteiger partial charge on any atom is -0.354 e. The molecule has 1 heterocycles. The van der Waals surface area contributed by atoms with Crippen molar-refractivity contribution in [1.82, 2.24) is 9.97 Å². The van der Waals surface area contributed by atoms with Gasteiger partial charge in [-0.3, -0.25) is 0 Å². The molecule has 0 aromatic carbocycles. The number of hydrogen-bond donors (Lipinski definition) is 1. The summed E-state index contributed by atoms with van der Waals surface area (Å²) in [5.41, 5.74) is 0. The molecule has 5 heteroatoms. The molecule has 0 unspecified atom stereocenters. The van der Waals surface area contributed by atoms with Crippen molar-refractivity contribution in [2.75, 3.05) is 29.9 Å². The third kappa shape index (κ3) is 3.05. The molecule has 0 amide bonds. The molecule has 94 valence electrons. The molecule has 0 atom stereocenters. The summed E-state index contributed by atoms with van der Waals surface area (Å²) in [6, 6.07) is 0. The van der Waals surface area contributed by atoms with E-state index < -0.39 is 0 Å². The van der Waals surface area contributed by atoms with Crippen LogP contribution in [-0.4, -0.2) is 29.6 Å². The van der Waals surface area contributed by atoms with Crippen LogP contribution in [0.3, 0.4) is 0 Å². The van der Waals surface area contributed by atoms with E-state index in [9.17, 15) is 4.39 Å². The number of hydrogen-bond acceptors (Lipinski definition) is 4. The van der Waals surface area contributed by atoms with Gasteiger partial charge in [-0.25, -0.2) is 9.37 Å². The lowest BCUT2D eigenvalue weighted by Gasteiger charge is -2.22. The van der Waals surface area contributed by atoms with Gasteiger partial charge in [-0.1, -0.05) is 0 Å². The van der Waals surface area contributed by atoms with Crippen molar-refractivity contribution in [3.8, 4) is 0 Å². The topological polar surface area (TPSA) is 41.1 Å². The fourth-order valence-corrected chi connectivity index (χ4v) is 1.80. The third-order valence-electron chi connectivity index (χ3n) is 2.92. The molecule has 0 bridgehead atoms. The van der Waals surface area contributed by atoms with Crippen LogP contribution in [-0.2, 0) is 0 Å². The second-order valence-electron chi connectivity index (χ2n) is 4.38. The number of halogens is 1. The van der Waals surface area contributed by atoms with Crippen molar-refractivity contribution in [2.45, 2.75) is 26.7 Å². The van der Waals surface area contributed by atoms with E-state index in [-0.39, 0.29) is 5.82 Å². The zero-order valence-electron chi connectivity index (χ0n) is 10.4. The monoisotopic (exact) mass is 238 g/mol. The van der Waals surface area contributed by atoms with Gasteiger partial charge in [-0.05, 0) is 32.6 Å². The Morgan fingerprint density at radius 3 is 2.82 bits per heavy atom. The number of aromatic nitrogens is 2. The SMILES string of the molecule is CCNc1ncc(F)c(N(CC)CC2CC2)n1. The maximum Gasteiger partial charge on any atom is 0.224 e. The summed E-state index contributed by atoms with van der Waals surface area (Å²) in [5, 5.41) is 3.01. The van der Waals surface area contributed by atoms with Gasteiger partial charge >= 0.3 is 0 Å². The largest absolute Gasteiger partial charge is 0.354 e. The Balaban J connectivity index is 2.17. The molecular formula is C12H19FN4. The van der Waals surface area contributed by atoms with Crippen LogP contribution in [0.2, 0.25) is 0 Å². The lowest BCUT2D eigenvalue weighted by Crippen LogP contribution is -2.27. The van der Waals surface area contributed by atoms with E-state index in [0.29, 0.717) is 17.7 Å². The Morgan fingerprint density at radius 2 is 2.24 bits per heavy atom. The highest BCUT2D eigenvalue weighted by Crippen LogP contribution is 2.31. The van der Waals surface area contributed by atoms with Crippen LogP contribution in [0.15, 0.2) is 6.20 Å². The van der Waals surface area contributed by atoms with Gasteiger partial charge in [0.2, 0.25) is 5.95 Å². The minimum absolute atomic E-state index is 0.339. The predicted molar refractivity (Wildman–Crippen MR) is 66.8 cm³/mol. The molecule has 1 aromatic rings. The van der Waals surface area contributed by atoms with Gasteiger partial charge in [-0.15, -0.1) is 0 Å². The van der Waals surface area contributed by atoms with Gasteiger partial charge in [0.15, 0.2) is 11.6 Å². The van der Waals surface area contributed by atoms with E-state index in [0.717, 1.165) is 19.6 Å². The molecule has 1 N–H and O–H groups in total. The van der Waals surface area contributed by atoms with Gasteiger partial charge in [0.05, 0.1) is 6.20 Å². The molecular weight excluding hydrogens is 219 g/mol. The number of rotatable bonds is 6. The summed E-state index contributed by atoms with van der Waals surface area (Å²) in [4.78, 5) is 10.2. The van der Waals surface area contributed by atoms with Crippen molar-refractivity contribution in [3.05, 3.63) is 12.0 Å². The van der Waals surface area contributed by atoms with Gasteiger partial charge in [-0.2, -0.15) is 4.98 Å². The van der Waals surface area contributed by atoms with Gasteiger partial charge < -0.3 is 10.2 Å². The van der Waals surface area contributed by atoms with Crippen LogP contribution in [0.5, 0.6) is 0 Å². The molecule has 1 aromatic heterocycles. The maximum atomic E-state index is 13.7. The van der Waals surface area contributed by atoms with E-state index >= 15 is 0 Å². The summed E-state index contributed by atoms with van der Waals surface area (Å²) in [5.74, 6) is 1.30. The van der Waals surface area contributed by atoms with Crippen molar-refractivity contribution >= 4 is 11.8 Å². The van der Waals surface area contributed by atoms with Gasteiger partial charge in [0, 0.05) is 19.6 Å². The second kappa shape index (κ2) is 5.29. The first-order valence-electron chi connectivity index (χ1n) is 6.26. The van der Waals surface area contributed by atoms with Crippen LogP contribution >= 0.6 is 0 Å². The zero-order chi connectivity index (χ0) is 12.3. The summed E-state index contributed by atoms with van der Waals surface area (Å²) in [7, 11) is 0. The zero-order valence-corrected chi connectivity index (χ0v) is 10.4. The predicted octanol–water partition coefficient (Wildman–Crippen LogP) is 2.28. The van der Waals surface area contributed by atoms with Crippen molar-refractivity contribution in [2.24, 2.45) is 5.92 Å². The van der Waals surface area contributed by atoms with Crippen molar-refractivity contribution in [3.63, 3.8) is 0 Å². The van der Waals surface area contributed by atoms with Crippen LogP contribution in [0.1, 0.15) is 26.7 Å². The standard InChI is InChI=1S/C12H19FN4/c1-3-14-12-15-7-10(13)11(16-12)17(4-2)8-9-5-6-9/h7,9H,3-6,8H2,1-2H3,(H,14,15,16). The van der Waals surface area contributed by atoms with Crippen LogP contribution < -0.4 is 10.2 Å². The first-order valence-corrected chi connectivity index (χ1v) is 6.26. The van der Waals surface area contributed by atoms with Crippen molar-refractivity contribution in [1.29, 1.82) is 0 Å². The lowest BCUT2D eigenvalue weighted by molar-refractivity contribution is 0.598. The lowest BCUT2D eigenvalue weighted by atomic mass is 10.3. The highest BCUT2D eigenvalue weighted by atomic mass is 19.1. The molecule has 1 saturated carbocycles. The molecule has 1 aliphatic rings. The molecule has 17 heavy (non-hydrogen) atoms. The Bertz CT molecular complexity index is 379.